The van der Waals surface area contributed by atoms with E-state index in [2.05, 4.69) is 16.8 Å². The lowest BCUT2D eigenvalue weighted by Gasteiger charge is -2.26. The summed E-state index contributed by atoms with van der Waals surface area (Å²) in [6, 6.07) is 6.50. The van der Waals surface area contributed by atoms with E-state index in [-0.39, 0.29) is 17.5 Å². The van der Waals surface area contributed by atoms with Crippen molar-refractivity contribution in [3.8, 4) is 11.5 Å². The number of nitrogens with zero attached hydrogens (tertiary/aromatic N) is 2. The number of halogens is 1. The first kappa shape index (κ1) is 24.2. The Hall–Kier alpha value is -2.97. The summed E-state index contributed by atoms with van der Waals surface area (Å²) in [6.07, 6.45) is 2.05. The van der Waals surface area contributed by atoms with Gasteiger partial charge < -0.3 is 18.6 Å². The van der Waals surface area contributed by atoms with Gasteiger partial charge in [0.1, 0.15) is 17.9 Å². The Morgan fingerprint density at radius 3 is 2.56 bits per heavy atom. The Labute approximate surface area is 198 Å². The first-order valence-corrected chi connectivity index (χ1v) is 11.7. The van der Waals surface area contributed by atoms with Gasteiger partial charge in [-0.15, -0.1) is 0 Å². The molecular weight excluding hydrogens is 439 g/mol. The number of rotatable bonds is 10. The summed E-state index contributed by atoms with van der Waals surface area (Å²) in [5.41, 5.74) is 3.27. The highest BCUT2D eigenvalue weighted by Gasteiger charge is 2.26. The van der Waals surface area contributed by atoms with Crippen LogP contribution >= 0.6 is 0 Å². The third-order valence-corrected chi connectivity index (χ3v) is 6.28. The van der Waals surface area contributed by atoms with Gasteiger partial charge >= 0.3 is 0 Å². The van der Waals surface area contributed by atoms with E-state index >= 15 is 0 Å². The number of ether oxygens (including phenoxy) is 3. The van der Waals surface area contributed by atoms with Crippen molar-refractivity contribution in [1.29, 1.82) is 0 Å². The Bertz CT molecular complexity index is 1120. The third-order valence-electron chi connectivity index (χ3n) is 6.28. The summed E-state index contributed by atoms with van der Waals surface area (Å²) >= 11 is 0. The number of Topliss-reactive ketones (excluding diaryl/α,β-unsaturated/α-hetero) is 1. The zero-order chi connectivity index (χ0) is 24.1. The van der Waals surface area contributed by atoms with Crippen molar-refractivity contribution < 1.29 is 27.8 Å². The van der Waals surface area contributed by atoms with Crippen molar-refractivity contribution in [1.82, 2.24) is 9.88 Å². The number of aryl methyl sites for hydroxylation is 1. The quantitative estimate of drug-likeness (QED) is 0.396. The van der Waals surface area contributed by atoms with Gasteiger partial charge in [-0.3, -0.25) is 9.69 Å². The average Bonchev–Trinajstić information content (AvgIpc) is 3.32. The molecule has 4 rings (SSSR count). The van der Waals surface area contributed by atoms with E-state index in [0.29, 0.717) is 66.6 Å². The van der Waals surface area contributed by atoms with Crippen LogP contribution in [-0.2, 0) is 4.74 Å². The van der Waals surface area contributed by atoms with Crippen molar-refractivity contribution in [2.24, 2.45) is 0 Å². The molecule has 7 nitrogen and oxygen atoms in total. The van der Waals surface area contributed by atoms with Gasteiger partial charge in [0.2, 0.25) is 11.3 Å². The first-order chi connectivity index (χ1) is 16.5. The van der Waals surface area contributed by atoms with Crippen LogP contribution in [0.25, 0.3) is 11.1 Å². The van der Waals surface area contributed by atoms with Gasteiger partial charge in [-0.1, -0.05) is 19.1 Å². The van der Waals surface area contributed by atoms with Crippen molar-refractivity contribution in [3.05, 3.63) is 53.2 Å². The van der Waals surface area contributed by atoms with Crippen LogP contribution in [0.2, 0.25) is 0 Å². The summed E-state index contributed by atoms with van der Waals surface area (Å²) in [7, 11) is 0. The molecule has 0 radical (unpaired) electrons. The van der Waals surface area contributed by atoms with E-state index in [0.717, 1.165) is 25.2 Å². The van der Waals surface area contributed by atoms with Gasteiger partial charge in [-0.25, -0.2) is 9.37 Å². The summed E-state index contributed by atoms with van der Waals surface area (Å²) in [5.74, 6) is 0.589. The lowest BCUT2D eigenvalue weighted by atomic mass is 9.98. The lowest BCUT2D eigenvalue weighted by Crippen LogP contribution is -2.38. The topological polar surface area (TPSA) is 74.0 Å². The number of oxazole rings is 1. The molecule has 1 saturated heterocycles. The molecule has 1 atom stereocenters. The van der Waals surface area contributed by atoms with Crippen LogP contribution in [0, 0.1) is 12.7 Å². The fraction of sp³-hybridized carbons (Fsp3) is 0.462. The van der Waals surface area contributed by atoms with Crippen LogP contribution in [0.3, 0.4) is 0 Å². The molecule has 1 aliphatic heterocycles. The van der Waals surface area contributed by atoms with Crippen LogP contribution < -0.4 is 9.47 Å². The van der Waals surface area contributed by atoms with Crippen molar-refractivity contribution in [2.45, 2.75) is 33.1 Å². The van der Waals surface area contributed by atoms with Gasteiger partial charge in [0.15, 0.2) is 17.9 Å². The predicted molar refractivity (Wildman–Crippen MR) is 126 cm³/mol. The lowest BCUT2D eigenvalue weighted by molar-refractivity contribution is 0.0320. The summed E-state index contributed by atoms with van der Waals surface area (Å²) in [4.78, 5) is 19.2. The van der Waals surface area contributed by atoms with Gasteiger partial charge in [0.25, 0.3) is 0 Å². The molecule has 2 heterocycles. The van der Waals surface area contributed by atoms with Crippen LogP contribution in [-0.4, -0.2) is 61.7 Å². The van der Waals surface area contributed by atoms with Crippen LogP contribution in [0.1, 0.15) is 47.7 Å². The number of benzene rings is 2. The number of fused-ring (bicyclic) bond motifs is 1. The summed E-state index contributed by atoms with van der Waals surface area (Å²) < 4.78 is 36.7. The van der Waals surface area contributed by atoms with Gasteiger partial charge in [0.05, 0.1) is 25.4 Å². The smallest absolute Gasteiger partial charge is 0.207 e. The van der Waals surface area contributed by atoms with E-state index in [1.54, 1.807) is 12.1 Å². The second-order valence-corrected chi connectivity index (χ2v) is 8.64. The van der Waals surface area contributed by atoms with E-state index in [1.165, 1.54) is 25.5 Å². The minimum Gasteiger partial charge on any atom is -0.487 e. The second-order valence-electron chi connectivity index (χ2n) is 8.64. The zero-order valence-electron chi connectivity index (χ0n) is 19.9. The number of aromatic nitrogens is 1. The molecular formula is C26H31FN2O5. The maximum absolute atomic E-state index is 13.3. The van der Waals surface area contributed by atoms with Crippen molar-refractivity contribution >= 4 is 16.9 Å². The Morgan fingerprint density at radius 1 is 1.15 bits per heavy atom. The Kier molecular flexibility index (Phi) is 7.80. The largest absolute Gasteiger partial charge is 0.487 e. The van der Waals surface area contributed by atoms with Gasteiger partial charge in [0, 0.05) is 19.6 Å². The summed E-state index contributed by atoms with van der Waals surface area (Å²) in [5, 5.41) is 0. The second kappa shape index (κ2) is 11.0. The molecule has 0 N–H and O–H groups in total. The normalized spacial score (nSPS) is 15.4. The monoisotopic (exact) mass is 470 g/mol. The highest BCUT2D eigenvalue weighted by molar-refractivity contribution is 6.04. The molecule has 1 aromatic heterocycles. The number of hydrogen-bond donors (Lipinski definition) is 0. The predicted octanol–water partition coefficient (Wildman–Crippen LogP) is 4.76. The minimum absolute atomic E-state index is 0.117. The Morgan fingerprint density at radius 2 is 1.85 bits per heavy atom. The minimum atomic E-state index is -0.254. The zero-order valence-corrected chi connectivity index (χ0v) is 19.9. The van der Waals surface area contributed by atoms with Crippen LogP contribution in [0.5, 0.6) is 11.5 Å². The fourth-order valence-electron chi connectivity index (χ4n) is 4.27. The molecule has 34 heavy (non-hydrogen) atoms. The van der Waals surface area contributed by atoms with Crippen LogP contribution in [0.15, 0.2) is 35.1 Å². The molecule has 3 aromatic rings. The fourth-order valence-corrected chi connectivity index (χ4v) is 4.27. The summed E-state index contributed by atoms with van der Waals surface area (Å²) in [6.45, 7) is 10.1. The molecule has 8 heteroatoms. The number of carbonyl (C=O) groups is 1. The van der Waals surface area contributed by atoms with Crippen molar-refractivity contribution in [3.63, 3.8) is 0 Å². The maximum atomic E-state index is 13.3. The number of morpholine rings is 1. The Balaban J connectivity index is 1.55. The van der Waals surface area contributed by atoms with Gasteiger partial charge in [-0.2, -0.15) is 0 Å². The molecule has 0 spiro atoms. The standard InChI is InChI=1S/C26H31FN2O5/c1-17(20-4-6-21(27)7-5-20)8-12-32-26-24(33-15-11-29-9-13-31-14-10-29)22(19(3)30)18(2)23-25(26)34-16-28-23/h4-7,16-17H,8-15H2,1-3H3. The van der Waals surface area contributed by atoms with E-state index < -0.39 is 0 Å². The molecule has 1 fully saturated rings. The number of carbonyl (C=O) groups excluding carboxylic acids is 1. The molecule has 1 aliphatic rings. The van der Waals surface area contributed by atoms with Crippen LogP contribution in [0.4, 0.5) is 4.39 Å². The molecule has 0 amide bonds. The third kappa shape index (κ3) is 5.39. The molecule has 0 bridgehead atoms. The van der Waals surface area contributed by atoms with Crippen molar-refractivity contribution in [2.75, 3.05) is 46.1 Å². The molecule has 1 unspecified atom stereocenters. The molecule has 0 aliphatic carbocycles. The van der Waals surface area contributed by atoms with E-state index in [4.69, 9.17) is 18.6 Å². The first-order valence-electron chi connectivity index (χ1n) is 11.7. The van der Waals surface area contributed by atoms with E-state index in [1.807, 2.05) is 6.92 Å². The number of hydrogen-bond acceptors (Lipinski definition) is 7. The molecule has 2 aromatic carbocycles. The van der Waals surface area contributed by atoms with Gasteiger partial charge in [-0.05, 0) is 49.4 Å². The SMILES string of the molecule is CC(=O)c1c(OCCN2CCOCC2)c(OCCC(C)c2ccc(F)cc2)c2ocnc2c1C. The highest BCUT2D eigenvalue weighted by Crippen LogP contribution is 2.42. The van der Waals surface area contributed by atoms with E-state index in [9.17, 15) is 9.18 Å². The highest BCUT2D eigenvalue weighted by atomic mass is 19.1. The molecule has 0 saturated carbocycles. The average molecular weight is 471 g/mol. The molecule has 182 valence electrons. The number of ketones is 1. The maximum Gasteiger partial charge on any atom is 0.207 e.